The van der Waals surface area contributed by atoms with Crippen LogP contribution in [0.5, 0.6) is 17.2 Å². The van der Waals surface area contributed by atoms with E-state index in [0.717, 1.165) is 0 Å². The lowest BCUT2D eigenvalue weighted by Gasteiger charge is -2.11. The Morgan fingerprint density at radius 2 is 1.78 bits per heavy atom. The van der Waals surface area contributed by atoms with Crippen molar-refractivity contribution in [3.63, 3.8) is 0 Å². The summed E-state index contributed by atoms with van der Waals surface area (Å²) in [5, 5.41) is 4.13. The second-order valence-electron chi connectivity index (χ2n) is 5.22. The largest absolute Gasteiger partial charge is 0.494 e. The number of halogens is 1. The van der Waals surface area contributed by atoms with E-state index in [2.05, 4.69) is 9.93 Å². The SMILES string of the molecule is CCOc1ccc(S(=O)(=O)N/N=C/c2cc(Cl)c(OC)c(OCC)c2)cc1. The third-order valence-corrected chi connectivity index (χ3v) is 4.89. The van der Waals surface area contributed by atoms with Crippen LogP contribution in [0.1, 0.15) is 19.4 Å². The molecule has 0 bridgehead atoms. The molecule has 0 saturated carbocycles. The van der Waals surface area contributed by atoms with Crippen molar-refractivity contribution in [2.24, 2.45) is 5.10 Å². The van der Waals surface area contributed by atoms with E-state index in [0.29, 0.717) is 41.0 Å². The lowest BCUT2D eigenvalue weighted by molar-refractivity contribution is 0.311. The van der Waals surface area contributed by atoms with Gasteiger partial charge in [-0.2, -0.15) is 13.5 Å². The molecule has 0 spiro atoms. The smallest absolute Gasteiger partial charge is 0.276 e. The van der Waals surface area contributed by atoms with Gasteiger partial charge in [-0.15, -0.1) is 0 Å². The summed E-state index contributed by atoms with van der Waals surface area (Å²) in [5.41, 5.74) is 0.554. The molecule has 146 valence electrons. The van der Waals surface area contributed by atoms with Crippen LogP contribution in [0.15, 0.2) is 46.4 Å². The lowest BCUT2D eigenvalue weighted by atomic mass is 10.2. The zero-order valence-electron chi connectivity index (χ0n) is 15.2. The van der Waals surface area contributed by atoms with Gasteiger partial charge in [0.1, 0.15) is 5.75 Å². The fourth-order valence-corrected chi connectivity index (χ4v) is 3.32. The van der Waals surface area contributed by atoms with Crippen molar-refractivity contribution in [3.8, 4) is 17.2 Å². The number of sulfonamides is 1. The van der Waals surface area contributed by atoms with Crippen molar-refractivity contribution >= 4 is 27.8 Å². The highest BCUT2D eigenvalue weighted by Crippen LogP contribution is 2.35. The summed E-state index contributed by atoms with van der Waals surface area (Å²) in [5.74, 6) is 1.45. The van der Waals surface area contributed by atoms with Gasteiger partial charge in [0.25, 0.3) is 10.0 Å². The normalized spacial score (nSPS) is 11.4. The number of methoxy groups -OCH3 is 1. The molecule has 0 amide bonds. The molecule has 1 N–H and O–H groups in total. The third-order valence-electron chi connectivity index (χ3n) is 3.37. The van der Waals surface area contributed by atoms with Crippen LogP contribution in [0.3, 0.4) is 0 Å². The van der Waals surface area contributed by atoms with Gasteiger partial charge in [0.2, 0.25) is 0 Å². The molecule has 0 aliphatic carbocycles. The number of hydrogen-bond donors (Lipinski definition) is 1. The quantitative estimate of drug-likeness (QED) is 0.503. The van der Waals surface area contributed by atoms with Crippen molar-refractivity contribution in [3.05, 3.63) is 47.0 Å². The topological polar surface area (TPSA) is 86.2 Å². The van der Waals surface area contributed by atoms with Crippen LogP contribution in [0.25, 0.3) is 0 Å². The maximum atomic E-state index is 12.3. The first kappa shape index (κ1) is 20.9. The van der Waals surface area contributed by atoms with E-state index in [1.54, 1.807) is 24.3 Å². The predicted octanol–water partition coefficient (Wildman–Crippen LogP) is 3.46. The summed E-state index contributed by atoms with van der Waals surface area (Å²) >= 11 is 6.16. The number of benzene rings is 2. The van der Waals surface area contributed by atoms with E-state index in [-0.39, 0.29) is 4.90 Å². The minimum absolute atomic E-state index is 0.0749. The highest BCUT2D eigenvalue weighted by molar-refractivity contribution is 7.89. The van der Waals surface area contributed by atoms with Gasteiger partial charge >= 0.3 is 0 Å². The first-order valence-electron chi connectivity index (χ1n) is 8.19. The van der Waals surface area contributed by atoms with Gasteiger partial charge in [0.15, 0.2) is 11.5 Å². The Labute approximate surface area is 163 Å². The van der Waals surface area contributed by atoms with E-state index in [9.17, 15) is 8.42 Å². The average Bonchev–Trinajstić information content (AvgIpc) is 2.62. The van der Waals surface area contributed by atoms with Crippen LogP contribution in [0.4, 0.5) is 0 Å². The maximum Gasteiger partial charge on any atom is 0.276 e. The Morgan fingerprint density at radius 1 is 1.11 bits per heavy atom. The van der Waals surface area contributed by atoms with Gasteiger partial charge in [0, 0.05) is 0 Å². The van der Waals surface area contributed by atoms with E-state index < -0.39 is 10.0 Å². The van der Waals surface area contributed by atoms with Crippen molar-refractivity contribution < 1.29 is 22.6 Å². The number of rotatable bonds is 9. The lowest BCUT2D eigenvalue weighted by Crippen LogP contribution is -2.18. The number of nitrogens with zero attached hydrogens (tertiary/aromatic N) is 1. The highest BCUT2D eigenvalue weighted by atomic mass is 35.5. The summed E-state index contributed by atoms with van der Waals surface area (Å²) < 4.78 is 40.6. The van der Waals surface area contributed by atoms with E-state index >= 15 is 0 Å². The summed E-state index contributed by atoms with van der Waals surface area (Å²) in [6.07, 6.45) is 1.33. The van der Waals surface area contributed by atoms with Crippen LogP contribution in [0, 0.1) is 0 Å². The number of hydrogen-bond acceptors (Lipinski definition) is 6. The van der Waals surface area contributed by atoms with Crippen LogP contribution >= 0.6 is 11.6 Å². The molecule has 0 aliphatic rings. The van der Waals surface area contributed by atoms with Gasteiger partial charge < -0.3 is 14.2 Å². The molecule has 0 saturated heterocycles. The minimum Gasteiger partial charge on any atom is -0.494 e. The van der Waals surface area contributed by atoms with E-state index in [4.69, 9.17) is 25.8 Å². The second-order valence-corrected chi connectivity index (χ2v) is 7.29. The molecular formula is C18H21ClN2O5S. The predicted molar refractivity (Wildman–Crippen MR) is 105 cm³/mol. The number of nitrogens with one attached hydrogen (secondary N) is 1. The molecule has 0 aromatic heterocycles. The maximum absolute atomic E-state index is 12.3. The number of hydrazone groups is 1. The molecule has 0 unspecified atom stereocenters. The Morgan fingerprint density at radius 3 is 2.37 bits per heavy atom. The Balaban J connectivity index is 2.16. The fourth-order valence-electron chi connectivity index (χ4n) is 2.23. The van der Waals surface area contributed by atoms with Gasteiger partial charge in [-0.25, -0.2) is 4.83 Å². The second kappa shape index (κ2) is 9.48. The molecule has 0 aliphatic heterocycles. The van der Waals surface area contributed by atoms with Gasteiger partial charge in [-0.3, -0.25) is 0 Å². The molecular weight excluding hydrogens is 392 g/mol. The van der Waals surface area contributed by atoms with Gasteiger partial charge in [-0.1, -0.05) is 11.6 Å². The van der Waals surface area contributed by atoms with Crippen LogP contribution in [0.2, 0.25) is 5.02 Å². The first-order valence-corrected chi connectivity index (χ1v) is 10.1. The van der Waals surface area contributed by atoms with Crippen LogP contribution < -0.4 is 19.0 Å². The van der Waals surface area contributed by atoms with Crippen molar-refractivity contribution in [2.45, 2.75) is 18.7 Å². The van der Waals surface area contributed by atoms with E-state index in [1.807, 2.05) is 13.8 Å². The highest BCUT2D eigenvalue weighted by Gasteiger charge is 2.13. The molecule has 2 aromatic rings. The molecule has 0 heterocycles. The summed E-state index contributed by atoms with van der Waals surface area (Å²) in [4.78, 5) is 2.24. The summed E-state index contributed by atoms with van der Waals surface area (Å²) in [6, 6.07) is 9.31. The number of ether oxygens (including phenoxy) is 3. The third kappa shape index (κ3) is 5.51. The molecule has 0 atom stereocenters. The molecule has 27 heavy (non-hydrogen) atoms. The summed E-state index contributed by atoms with van der Waals surface area (Å²) in [7, 11) is -2.31. The van der Waals surface area contributed by atoms with Crippen molar-refractivity contribution in [1.82, 2.24) is 4.83 Å². The van der Waals surface area contributed by atoms with Crippen molar-refractivity contribution in [1.29, 1.82) is 0 Å². The molecule has 0 fully saturated rings. The standard InChI is InChI=1S/C18H21ClN2O5S/c1-4-25-14-6-8-15(9-7-14)27(22,23)21-20-12-13-10-16(19)18(24-3)17(11-13)26-5-2/h6-12,21H,4-5H2,1-3H3/b20-12+. The molecule has 7 nitrogen and oxygen atoms in total. The Kier molecular flexibility index (Phi) is 7.32. The van der Waals surface area contributed by atoms with Crippen LogP contribution in [-0.2, 0) is 10.0 Å². The molecule has 0 radical (unpaired) electrons. The van der Waals surface area contributed by atoms with Crippen LogP contribution in [-0.4, -0.2) is 35.0 Å². The summed E-state index contributed by atoms with van der Waals surface area (Å²) in [6.45, 7) is 4.61. The zero-order valence-corrected chi connectivity index (χ0v) is 16.8. The Hall–Kier alpha value is -2.45. The minimum atomic E-state index is -3.80. The van der Waals surface area contributed by atoms with E-state index in [1.165, 1.54) is 25.5 Å². The van der Waals surface area contributed by atoms with Gasteiger partial charge in [0.05, 0.1) is 36.5 Å². The monoisotopic (exact) mass is 412 g/mol. The molecule has 2 rings (SSSR count). The van der Waals surface area contributed by atoms with Crippen molar-refractivity contribution in [2.75, 3.05) is 20.3 Å². The fraction of sp³-hybridized carbons (Fsp3) is 0.278. The molecule has 2 aromatic carbocycles. The van der Waals surface area contributed by atoms with Gasteiger partial charge in [-0.05, 0) is 55.8 Å². The average molecular weight is 413 g/mol. The molecule has 9 heteroatoms. The Bertz CT molecular complexity index is 899. The first-order chi connectivity index (χ1) is 12.9. The zero-order chi connectivity index (χ0) is 19.9.